The van der Waals surface area contributed by atoms with Crippen LogP contribution >= 0.6 is 12.4 Å². The topological polar surface area (TPSA) is 63.3 Å². The maximum atomic E-state index is 13.0. The third kappa shape index (κ3) is 2.09. The molecule has 0 saturated carbocycles. The largest absolute Gasteiger partial charge is 0.478 e. The van der Waals surface area contributed by atoms with Crippen molar-refractivity contribution in [2.45, 2.75) is 6.92 Å². The number of carboxylic acid groups (broad SMARTS) is 1. The zero-order valence-electron chi connectivity index (χ0n) is 6.87. The third-order valence-electron chi connectivity index (χ3n) is 1.60. The summed E-state index contributed by atoms with van der Waals surface area (Å²) in [6.45, 7) is 1.53. The average Bonchev–Trinajstić information content (AvgIpc) is 2.00. The summed E-state index contributed by atoms with van der Waals surface area (Å²) in [4.78, 5) is 10.4. The fourth-order valence-corrected chi connectivity index (χ4v) is 0.888. The average molecular weight is 206 g/mol. The summed E-state index contributed by atoms with van der Waals surface area (Å²) in [5, 5.41) is 8.53. The van der Waals surface area contributed by atoms with E-state index in [1.165, 1.54) is 19.1 Å². The number of anilines is 1. The van der Waals surface area contributed by atoms with Crippen molar-refractivity contribution in [3.8, 4) is 0 Å². The summed E-state index contributed by atoms with van der Waals surface area (Å²) in [5.74, 6) is -1.87. The van der Waals surface area contributed by atoms with E-state index in [0.29, 0.717) is 5.56 Å². The first-order chi connectivity index (χ1) is 5.54. The highest BCUT2D eigenvalue weighted by atomic mass is 35.5. The van der Waals surface area contributed by atoms with Crippen molar-refractivity contribution < 1.29 is 14.3 Å². The molecule has 0 unspecified atom stereocenters. The van der Waals surface area contributed by atoms with Crippen molar-refractivity contribution in [2.75, 3.05) is 5.73 Å². The van der Waals surface area contributed by atoms with Crippen LogP contribution in [-0.4, -0.2) is 11.1 Å². The van der Waals surface area contributed by atoms with Crippen LogP contribution in [0.2, 0.25) is 0 Å². The summed E-state index contributed by atoms with van der Waals surface area (Å²) in [7, 11) is 0. The molecule has 1 aromatic carbocycles. The molecule has 0 amide bonds. The highest BCUT2D eigenvalue weighted by molar-refractivity contribution is 5.93. The molecule has 3 N–H and O–H groups in total. The number of aromatic carboxylic acids is 1. The van der Waals surface area contributed by atoms with Crippen molar-refractivity contribution >= 4 is 24.1 Å². The number of nitrogen functional groups attached to an aromatic ring is 1. The number of hydrogen-bond acceptors (Lipinski definition) is 2. The number of halogens is 2. The van der Waals surface area contributed by atoms with Crippen LogP contribution in [0.15, 0.2) is 12.1 Å². The van der Waals surface area contributed by atoms with E-state index in [4.69, 9.17) is 10.8 Å². The number of carbonyl (C=O) groups is 1. The van der Waals surface area contributed by atoms with Crippen molar-refractivity contribution in [3.05, 3.63) is 29.1 Å². The van der Waals surface area contributed by atoms with Gasteiger partial charge in [-0.2, -0.15) is 0 Å². The fourth-order valence-electron chi connectivity index (χ4n) is 0.888. The molecular formula is C8H9ClFNO2. The molecule has 0 heterocycles. The number of hydrogen-bond donors (Lipinski definition) is 2. The zero-order chi connectivity index (χ0) is 9.30. The molecule has 3 nitrogen and oxygen atoms in total. The minimum Gasteiger partial charge on any atom is -0.478 e. The fraction of sp³-hybridized carbons (Fsp3) is 0.125. The van der Waals surface area contributed by atoms with Crippen LogP contribution in [0.5, 0.6) is 0 Å². The smallest absolute Gasteiger partial charge is 0.337 e. The van der Waals surface area contributed by atoms with Gasteiger partial charge < -0.3 is 10.8 Å². The molecule has 0 aliphatic heterocycles. The van der Waals surface area contributed by atoms with Crippen LogP contribution in [0.1, 0.15) is 15.9 Å². The monoisotopic (exact) mass is 205 g/mol. The molecule has 0 aromatic heterocycles. The molecule has 0 atom stereocenters. The van der Waals surface area contributed by atoms with Gasteiger partial charge >= 0.3 is 5.97 Å². The Bertz CT molecular complexity index is 341. The van der Waals surface area contributed by atoms with E-state index in [9.17, 15) is 9.18 Å². The minimum absolute atomic E-state index is 0. The quantitative estimate of drug-likeness (QED) is 0.688. The molecule has 1 rings (SSSR count). The Morgan fingerprint density at radius 3 is 2.54 bits per heavy atom. The summed E-state index contributed by atoms with van der Waals surface area (Å²) in [6.07, 6.45) is 0. The molecule has 0 fully saturated rings. The lowest BCUT2D eigenvalue weighted by atomic mass is 10.1. The van der Waals surface area contributed by atoms with Gasteiger partial charge in [0.15, 0.2) is 0 Å². The van der Waals surface area contributed by atoms with E-state index in [0.717, 1.165) is 0 Å². The van der Waals surface area contributed by atoms with Gasteiger partial charge in [-0.3, -0.25) is 0 Å². The highest BCUT2D eigenvalue weighted by Gasteiger charge is 2.12. The lowest BCUT2D eigenvalue weighted by molar-refractivity contribution is 0.0697. The van der Waals surface area contributed by atoms with Gasteiger partial charge in [0.2, 0.25) is 0 Å². The van der Waals surface area contributed by atoms with Crippen molar-refractivity contribution in [3.63, 3.8) is 0 Å². The number of aryl methyl sites for hydroxylation is 1. The minimum atomic E-state index is -1.22. The molecular weight excluding hydrogens is 197 g/mol. The van der Waals surface area contributed by atoms with Crippen LogP contribution in [-0.2, 0) is 0 Å². The van der Waals surface area contributed by atoms with Gasteiger partial charge in [-0.15, -0.1) is 12.4 Å². The highest BCUT2D eigenvalue weighted by Crippen LogP contribution is 2.19. The number of rotatable bonds is 1. The Balaban J connectivity index is 0.00000144. The van der Waals surface area contributed by atoms with Gasteiger partial charge in [0.1, 0.15) is 5.82 Å². The Hall–Kier alpha value is -1.29. The summed E-state index contributed by atoms with van der Waals surface area (Å²) >= 11 is 0. The van der Waals surface area contributed by atoms with E-state index in [1.807, 2.05) is 0 Å². The van der Waals surface area contributed by atoms with E-state index in [2.05, 4.69) is 0 Å². The first-order valence-electron chi connectivity index (χ1n) is 3.32. The second kappa shape index (κ2) is 4.09. The number of benzene rings is 1. The molecule has 0 bridgehead atoms. The maximum Gasteiger partial charge on any atom is 0.337 e. The number of carboxylic acids is 1. The Kier molecular flexibility index (Phi) is 3.69. The molecule has 0 radical (unpaired) electrons. The van der Waals surface area contributed by atoms with Crippen molar-refractivity contribution in [2.24, 2.45) is 0 Å². The Labute approximate surface area is 80.8 Å². The predicted octanol–water partition coefficient (Wildman–Crippen LogP) is 1.84. The second-order valence-corrected chi connectivity index (χ2v) is 2.46. The van der Waals surface area contributed by atoms with Crippen LogP contribution in [0, 0.1) is 12.7 Å². The van der Waals surface area contributed by atoms with Crippen LogP contribution in [0.25, 0.3) is 0 Å². The summed E-state index contributed by atoms with van der Waals surface area (Å²) in [5.41, 5.74) is 5.07. The van der Waals surface area contributed by atoms with Gasteiger partial charge in [-0.1, -0.05) is 6.07 Å². The second-order valence-electron chi connectivity index (χ2n) is 2.46. The van der Waals surface area contributed by atoms with Crippen LogP contribution < -0.4 is 5.73 Å². The standard InChI is InChI=1S/C8H8FNO2.ClH/c1-4-2-3-5(8(11)12)7(10)6(4)9;/h2-3H,10H2,1H3,(H,11,12);1H. The molecule has 0 aliphatic carbocycles. The van der Waals surface area contributed by atoms with Gasteiger partial charge in [0.25, 0.3) is 0 Å². The van der Waals surface area contributed by atoms with E-state index in [-0.39, 0.29) is 23.7 Å². The van der Waals surface area contributed by atoms with Crippen molar-refractivity contribution in [1.82, 2.24) is 0 Å². The van der Waals surface area contributed by atoms with Crippen molar-refractivity contribution in [1.29, 1.82) is 0 Å². The first-order valence-corrected chi connectivity index (χ1v) is 3.32. The number of nitrogens with two attached hydrogens (primary N) is 1. The SMILES string of the molecule is Cc1ccc(C(=O)O)c(N)c1F.Cl. The van der Waals surface area contributed by atoms with E-state index < -0.39 is 11.8 Å². The summed E-state index contributed by atoms with van der Waals surface area (Å²) < 4.78 is 13.0. The van der Waals surface area contributed by atoms with Gasteiger partial charge in [-0.05, 0) is 18.6 Å². The Morgan fingerprint density at radius 1 is 1.54 bits per heavy atom. The van der Waals surface area contributed by atoms with Crippen LogP contribution in [0.4, 0.5) is 10.1 Å². The molecule has 13 heavy (non-hydrogen) atoms. The molecule has 0 saturated heterocycles. The molecule has 1 aromatic rings. The predicted molar refractivity (Wildman–Crippen MR) is 49.8 cm³/mol. The van der Waals surface area contributed by atoms with Gasteiger partial charge in [-0.25, -0.2) is 9.18 Å². The van der Waals surface area contributed by atoms with E-state index in [1.54, 1.807) is 0 Å². The molecule has 0 spiro atoms. The van der Waals surface area contributed by atoms with Gasteiger partial charge in [0, 0.05) is 0 Å². The lowest BCUT2D eigenvalue weighted by Gasteiger charge is -2.03. The van der Waals surface area contributed by atoms with Crippen LogP contribution in [0.3, 0.4) is 0 Å². The Morgan fingerprint density at radius 2 is 2.08 bits per heavy atom. The summed E-state index contributed by atoms with van der Waals surface area (Å²) in [6, 6.07) is 2.67. The maximum absolute atomic E-state index is 13.0. The molecule has 72 valence electrons. The normalized spacial score (nSPS) is 9.08. The third-order valence-corrected chi connectivity index (χ3v) is 1.60. The zero-order valence-corrected chi connectivity index (χ0v) is 7.69. The van der Waals surface area contributed by atoms with E-state index >= 15 is 0 Å². The first kappa shape index (κ1) is 11.7. The molecule has 5 heteroatoms. The molecule has 0 aliphatic rings. The van der Waals surface area contributed by atoms with Gasteiger partial charge in [0.05, 0.1) is 11.3 Å². The lowest BCUT2D eigenvalue weighted by Crippen LogP contribution is -2.05.